The van der Waals surface area contributed by atoms with Gasteiger partial charge >= 0.3 is 0 Å². The van der Waals surface area contributed by atoms with Gasteiger partial charge < -0.3 is 10.2 Å². The van der Waals surface area contributed by atoms with Crippen LogP contribution in [0.2, 0.25) is 0 Å². The van der Waals surface area contributed by atoms with Crippen LogP contribution in [-0.2, 0) is 0 Å². The zero-order valence-electron chi connectivity index (χ0n) is 8.58. The number of unbranched alkanes of at least 4 members (excludes halogenated alkanes) is 3. The predicted molar refractivity (Wildman–Crippen MR) is 55.6 cm³/mol. The van der Waals surface area contributed by atoms with Gasteiger partial charge in [-0.25, -0.2) is 0 Å². The van der Waals surface area contributed by atoms with E-state index in [9.17, 15) is 5.11 Å². The van der Waals surface area contributed by atoms with Crippen LogP contribution in [-0.4, -0.2) is 22.4 Å². The molecule has 0 amide bonds. The first-order valence-corrected chi connectivity index (χ1v) is 5.19. The van der Waals surface area contributed by atoms with Gasteiger partial charge in [0, 0.05) is 6.42 Å². The first-order chi connectivity index (χ1) is 6.20. The standard InChI is InChI=1S/C11H22O2/c1-3-5-6-7-8-11(13)9-10(12)4-2/h4,10-13H,2-3,5-9H2,1H3/t10-,11+/m0/s1. The molecule has 0 bridgehead atoms. The Hall–Kier alpha value is -0.340. The zero-order valence-corrected chi connectivity index (χ0v) is 8.58. The lowest BCUT2D eigenvalue weighted by Crippen LogP contribution is -2.15. The van der Waals surface area contributed by atoms with Crippen LogP contribution in [0, 0.1) is 0 Å². The molecule has 0 saturated heterocycles. The predicted octanol–water partition coefficient (Wildman–Crippen LogP) is 2.25. The van der Waals surface area contributed by atoms with E-state index in [1.54, 1.807) is 0 Å². The third kappa shape index (κ3) is 8.00. The largest absolute Gasteiger partial charge is 0.393 e. The van der Waals surface area contributed by atoms with E-state index >= 15 is 0 Å². The Bertz CT molecular complexity index is 123. The molecule has 0 fully saturated rings. The van der Waals surface area contributed by atoms with Crippen LogP contribution in [0.15, 0.2) is 12.7 Å². The van der Waals surface area contributed by atoms with Crippen molar-refractivity contribution in [2.75, 3.05) is 0 Å². The lowest BCUT2D eigenvalue weighted by Gasteiger charge is -2.12. The number of hydrogen-bond acceptors (Lipinski definition) is 2. The average molecular weight is 186 g/mol. The summed E-state index contributed by atoms with van der Waals surface area (Å²) in [4.78, 5) is 0. The molecular formula is C11H22O2. The second-order valence-electron chi connectivity index (χ2n) is 3.54. The van der Waals surface area contributed by atoms with E-state index in [0.29, 0.717) is 6.42 Å². The van der Waals surface area contributed by atoms with Crippen molar-refractivity contribution in [3.05, 3.63) is 12.7 Å². The minimum atomic E-state index is -0.554. The van der Waals surface area contributed by atoms with Crippen molar-refractivity contribution in [2.24, 2.45) is 0 Å². The Morgan fingerprint density at radius 1 is 1.23 bits per heavy atom. The van der Waals surface area contributed by atoms with Gasteiger partial charge in [0.05, 0.1) is 12.2 Å². The van der Waals surface area contributed by atoms with E-state index in [2.05, 4.69) is 13.5 Å². The van der Waals surface area contributed by atoms with Gasteiger partial charge in [-0.15, -0.1) is 6.58 Å². The summed E-state index contributed by atoms with van der Waals surface area (Å²) in [5, 5.41) is 18.6. The summed E-state index contributed by atoms with van der Waals surface area (Å²) >= 11 is 0. The molecule has 0 heterocycles. The second-order valence-corrected chi connectivity index (χ2v) is 3.54. The minimum Gasteiger partial charge on any atom is -0.393 e. The molecule has 0 unspecified atom stereocenters. The maximum Gasteiger partial charge on any atom is 0.0742 e. The van der Waals surface area contributed by atoms with Gasteiger partial charge in [0.25, 0.3) is 0 Å². The van der Waals surface area contributed by atoms with Crippen molar-refractivity contribution < 1.29 is 10.2 Å². The van der Waals surface area contributed by atoms with Crippen molar-refractivity contribution in [3.63, 3.8) is 0 Å². The van der Waals surface area contributed by atoms with Gasteiger partial charge in [-0.2, -0.15) is 0 Å². The summed E-state index contributed by atoms with van der Waals surface area (Å²) in [5.41, 5.74) is 0. The van der Waals surface area contributed by atoms with Crippen molar-refractivity contribution >= 4 is 0 Å². The Kier molecular flexibility index (Phi) is 8.05. The molecule has 78 valence electrons. The molecule has 0 aliphatic carbocycles. The highest BCUT2D eigenvalue weighted by Gasteiger charge is 2.07. The summed E-state index contributed by atoms with van der Waals surface area (Å²) in [7, 11) is 0. The number of aliphatic hydroxyl groups is 2. The van der Waals surface area contributed by atoms with Crippen molar-refractivity contribution in [1.82, 2.24) is 0 Å². The quantitative estimate of drug-likeness (QED) is 0.451. The third-order valence-electron chi connectivity index (χ3n) is 2.18. The first kappa shape index (κ1) is 12.7. The fourth-order valence-electron chi connectivity index (χ4n) is 1.30. The second kappa shape index (κ2) is 8.27. The summed E-state index contributed by atoms with van der Waals surface area (Å²) in [6.45, 7) is 5.63. The first-order valence-electron chi connectivity index (χ1n) is 5.19. The Morgan fingerprint density at radius 2 is 1.92 bits per heavy atom. The molecule has 0 aliphatic heterocycles. The Morgan fingerprint density at radius 3 is 2.46 bits per heavy atom. The van der Waals surface area contributed by atoms with Gasteiger partial charge in [-0.05, 0) is 6.42 Å². The number of rotatable bonds is 8. The minimum absolute atomic E-state index is 0.371. The molecule has 0 aliphatic rings. The summed E-state index contributed by atoms with van der Waals surface area (Å²) < 4.78 is 0. The van der Waals surface area contributed by atoms with Crippen LogP contribution in [0.5, 0.6) is 0 Å². The van der Waals surface area contributed by atoms with Crippen LogP contribution in [0.3, 0.4) is 0 Å². The van der Waals surface area contributed by atoms with E-state index < -0.39 is 6.10 Å². The molecule has 2 atom stereocenters. The molecule has 0 aromatic carbocycles. The van der Waals surface area contributed by atoms with Gasteiger partial charge in [0.15, 0.2) is 0 Å². The lowest BCUT2D eigenvalue weighted by atomic mass is 10.0. The molecule has 0 radical (unpaired) electrons. The fraction of sp³-hybridized carbons (Fsp3) is 0.818. The van der Waals surface area contributed by atoms with Gasteiger partial charge in [-0.3, -0.25) is 0 Å². The maximum atomic E-state index is 9.44. The van der Waals surface area contributed by atoms with Gasteiger partial charge in [-0.1, -0.05) is 38.7 Å². The van der Waals surface area contributed by atoms with E-state index in [-0.39, 0.29) is 6.10 Å². The Labute approximate surface area is 81.3 Å². The molecule has 0 saturated carbocycles. The van der Waals surface area contributed by atoms with E-state index in [0.717, 1.165) is 12.8 Å². The number of aliphatic hydroxyl groups excluding tert-OH is 2. The van der Waals surface area contributed by atoms with Crippen LogP contribution in [0.25, 0.3) is 0 Å². The molecule has 2 heteroatoms. The van der Waals surface area contributed by atoms with E-state index in [1.165, 1.54) is 25.3 Å². The lowest BCUT2D eigenvalue weighted by molar-refractivity contribution is 0.0958. The van der Waals surface area contributed by atoms with E-state index in [4.69, 9.17) is 5.11 Å². The molecular weight excluding hydrogens is 164 g/mol. The van der Waals surface area contributed by atoms with Crippen LogP contribution in [0.4, 0.5) is 0 Å². The van der Waals surface area contributed by atoms with Crippen molar-refractivity contribution in [1.29, 1.82) is 0 Å². The zero-order chi connectivity index (χ0) is 10.1. The topological polar surface area (TPSA) is 40.5 Å². The monoisotopic (exact) mass is 186 g/mol. The van der Waals surface area contributed by atoms with Crippen LogP contribution < -0.4 is 0 Å². The summed E-state index contributed by atoms with van der Waals surface area (Å²) in [5.74, 6) is 0. The van der Waals surface area contributed by atoms with E-state index in [1.807, 2.05) is 0 Å². The highest BCUT2D eigenvalue weighted by Crippen LogP contribution is 2.09. The molecule has 0 spiro atoms. The van der Waals surface area contributed by atoms with Crippen molar-refractivity contribution in [3.8, 4) is 0 Å². The average Bonchev–Trinajstić information content (AvgIpc) is 2.12. The summed E-state index contributed by atoms with van der Waals surface area (Å²) in [6.07, 6.45) is 6.44. The molecule has 2 nitrogen and oxygen atoms in total. The highest BCUT2D eigenvalue weighted by molar-refractivity contribution is 4.80. The smallest absolute Gasteiger partial charge is 0.0742 e. The maximum absolute atomic E-state index is 9.44. The molecule has 2 N–H and O–H groups in total. The van der Waals surface area contributed by atoms with Gasteiger partial charge in [0.1, 0.15) is 0 Å². The summed E-state index contributed by atoms with van der Waals surface area (Å²) in [6, 6.07) is 0. The van der Waals surface area contributed by atoms with Gasteiger partial charge in [0.2, 0.25) is 0 Å². The molecule has 0 aromatic rings. The van der Waals surface area contributed by atoms with Crippen LogP contribution in [0.1, 0.15) is 45.4 Å². The number of hydrogen-bond donors (Lipinski definition) is 2. The highest BCUT2D eigenvalue weighted by atomic mass is 16.3. The molecule has 0 aromatic heterocycles. The third-order valence-corrected chi connectivity index (χ3v) is 2.18. The molecule has 13 heavy (non-hydrogen) atoms. The van der Waals surface area contributed by atoms with Crippen molar-refractivity contribution in [2.45, 2.75) is 57.7 Å². The Balaban J connectivity index is 3.29. The fourth-order valence-corrected chi connectivity index (χ4v) is 1.30. The SMILES string of the molecule is C=C[C@H](O)C[C@H](O)CCCCCC. The molecule has 0 rings (SSSR count). The van der Waals surface area contributed by atoms with Crippen LogP contribution >= 0.6 is 0 Å². The normalized spacial score (nSPS) is 15.3.